The van der Waals surface area contributed by atoms with Gasteiger partial charge in [-0.15, -0.1) is 0 Å². The van der Waals surface area contributed by atoms with Gasteiger partial charge in [-0.05, 0) is 36.8 Å². The number of halogens is 6. The highest BCUT2D eigenvalue weighted by molar-refractivity contribution is 6.28. The quantitative estimate of drug-likeness (QED) is 0.254. The van der Waals surface area contributed by atoms with Crippen LogP contribution in [0.1, 0.15) is 29.8 Å². The molecular weight excluding hydrogens is 538 g/mol. The minimum absolute atomic E-state index is 0.0725. The number of nitrogens with one attached hydrogen (secondary N) is 1. The van der Waals surface area contributed by atoms with Crippen molar-refractivity contribution in [2.45, 2.75) is 30.9 Å². The Bertz CT molecular complexity index is 1320. The van der Waals surface area contributed by atoms with Gasteiger partial charge in [0.1, 0.15) is 0 Å². The third-order valence-electron chi connectivity index (χ3n) is 6.11. The minimum atomic E-state index is -5.42. The Kier molecular flexibility index (Phi) is 7.12. The van der Waals surface area contributed by atoms with E-state index >= 15 is 0 Å². The second-order valence-electron chi connectivity index (χ2n) is 8.77. The SMILES string of the molecule is CC1(C(F)(F)F)C(=O)N(c2cnc(C3COCCN3)cn2)C(=O)N1C(=O)/C=C/c1cc(N)cc(C(F)(F)F)c1. The van der Waals surface area contributed by atoms with Crippen molar-refractivity contribution in [2.75, 3.05) is 30.4 Å². The van der Waals surface area contributed by atoms with Gasteiger partial charge in [-0.3, -0.25) is 14.6 Å². The van der Waals surface area contributed by atoms with E-state index in [1.807, 2.05) is 0 Å². The molecule has 2 fully saturated rings. The second-order valence-corrected chi connectivity index (χ2v) is 8.77. The molecule has 0 bridgehead atoms. The molecular formula is C23H20F6N6O4. The average molecular weight is 558 g/mol. The van der Waals surface area contributed by atoms with Crippen LogP contribution in [0.15, 0.2) is 36.7 Å². The molecule has 2 unspecified atom stereocenters. The maximum absolute atomic E-state index is 14.2. The highest BCUT2D eigenvalue weighted by atomic mass is 19.4. The number of ether oxygens (including phenoxy) is 1. The maximum Gasteiger partial charge on any atom is 0.421 e. The van der Waals surface area contributed by atoms with Crippen LogP contribution in [0.3, 0.4) is 0 Å². The first kappa shape index (κ1) is 28.0. The Hall–Kier alpha value is -4.05. The Labute approximate surface area is 216 Å². The number of amides is 4. The summed E-state index contributed by atoms with van der Waals surface area (Å²) in [5, 5.41) is 3.09. The van der Waals surface area contributed by atoms with Crippen molar-refractivity contribution < 1.29 is 45.5 Å². The van der Waals surface area contributed by atoms with Crippen LogP contribution >= 0.6 is 0 Å². The summed E-state index contributed by atoms with van der Waals surface area (Å²) in [6, 6.07) is 0.229. The van der Waals surface area contributed by atoms with Gasteiger partial charge < -0.3 is 15.8 Å². The number of hydrogen-bond acceptors (Lipinski definition) is 8. The van der Waals surface area contributed by atoms with E-state index < -0.39 is 47.1 Å². The smallest absolute Gasteiger partial charge is 0.399 e. The lowest BCUT2D eigenvalue weighted by Gasteiger charge is -2.31. The molecule has 2 aliphatic heterocycles. The summed E-state index contributed by atoms with van der Waals surface area (Å²) < 4.78 is 87.0. The van der Waals surface area contributed by atoms with Crippen LogP contribution < -0.4 is 16.0 Å². The topological polar surface area (TPSA) is 131 Å². The van der Waals surface area contributed by atoms with Gasteiger partial charge in [0.05, 0.1) is 42.9 Å². The number of rotatable bonds is 4. The van der Waals surface area contributed by atoms with Crippen molar-refractivity contribution >= 4 is 35.4 Å². The number of anilines is 2. The highest BCUT2D eigenvalue weighted by Crippen LogP contribution is 2.43. The average Bonchev–Trinajstić information content (AvgIpc) is 3.08. The lowest BCUT2D eigenvalue weighted by atomic mass is 9.99. The number of imide groups is 2. The number of nitrogen functional groups attached to an aromatic ring is 1. The molecule has 2 saturated heterocycles. The fraction of sp³-hybridized carbons (Fsp3) is 0.348. The fourth-order valence-electron chi connectivity index (χ4n) is 4.02. The lowest BCUT2D eigenvalue weighted by Crippen LogP contribution is -2.59. The molecule has 0 saturated carbocycles. The summed E-state index contributed by atoms with van der Waals surface area (Å²) in [7, 11) is 0. The van der Waals surface area contributed by atoms with E-state index in [1.54, 1.807) is 0 Å². The number of urea groups is 1. The predicted molar refractivity (Wildman–Crippen MR) is 123 cm³/mol. The number of benzene rings is 1. The highest BCUT2D eigenvalue weighted by Gasteiger charge is 2.71. The minimum Gasteiger partial charge on any atom is -0.399 e. The Balaban J connectivity index is 1.66. The normalized spacial score (nSPS) is 22.7. The van der Waals surface area contributed by atoms with Crippen LogP contribution in [0.4, 0.5) is 42.6 Å². The zero-order valence-corrected chi connectivity index (χ0v) is 20.0. The van der Waals surface area contributed by atoms with Crippen molar-refractivity contribution in [1.29, 1.82) is 0 Å². The summed E-state index contributed by atoms with van der Waals surface area (Å²) in [6.45, 7) is 1.56. The standard InChI is InChI=1S/C23H20F6N6O4/c1-21(23(27,28)29)19(37)34(17-10-32-15(9-33-17)16-11-39-5-4-31-16)20(38)35(21)18(36)3-2-12-6-13(22(24,25)26)8-14(30)7-12/h2-3,6-10,16,31H,4-5,11,30H2,1H3/b3-2+. The molecule has 3 N–H and O–H groups in total. The molecule has 2 aromatic rings. The van der Waals surface area contributed by atoms with Crippen molar-refractivity contribution in [1.82, 2.24) is 20.2 Å². The van der Waals surface area contributed by atoms with Crippen LogP contribution in [-0.4, -0.2) is 64.2 Å². The molecule has 16 heteroatoms. The summed E-state index contributed by atoms with van der Waals surface area (Å²) in [6.07, 6.45) is -6.96. The van der Waals surface area contributed by atoms with Gasteiger partial charge in [0.15, 0.2) is 5.82 Å². The van der Waals surface area contributed by atoms with E-state index in [0.717, 1.165) is 24.5 Å². The summed E-state index contributed by atoms with van der Waals surface area (Å²) in [5.41, 5.74) is 0.393. The molecule has 10 nitrogen and oxygen atoms in total. The summed E-state index contributed by atoms with van der Waals surface area (Å²) in [4.78, 5) is 46.6. The van der Waals surface area contributed by atoms with Crippen LogP contribution in [0, 0.1) is 0 Å². The van der Waals surface area contributed by atoms with Crippen LogP contribution in [0.5, 0.6) is 0 Å². The lowest BCUT2D eigenvalue weighted by molar-refractivity contribution is -0.209. The monoisotopic (exact) mass is 558 g/mol. The second kappa shape index (κ2) is 9.92. The Morgan fingerprint density at radius 2 is 1.87 bits per heavy atom. The molecule has 208 valence electrons. The maximum atomic E-state index is 14.2. The van der Waals surface area contributed by atoms with Crippen molar-refractivity contribution in [3.8, 4) is 0 Å². The first-order valence-corrected chi connectivity index (χ1v) is 11.2. The number of aromatic nitrogens is 2. The molecule has 2 atom stereocenters. The van der Waals surface area contributed by atoms with E-state index in [-0.39, 0.29) is 33.7 Å². The zero-order chi connectivity index (χ0) is 28.8. The summed E-state index contributed by atoms with van der Waals surface area (Å²) in [5.74, 6) is -3.99. The van der Waals surface area contributed by atoms with E-state index in [2.05, 4.69) is 15.3 Å². The Morgan fingerprint density at radius 1 is 1.15 bits per heavy atom. The van der Waals surface area contributed by atoms with Crippen molar-refractivity contribution in [2.24, 2.45) is 0 Å². The van der Waals surface area contributed by atoms with Crippen molar-refractivity contribution in [3.05, 3.63) is 53.5 Å². The molecule has 1 aromatic carbocycles. The van der Waals surface area contributed by atoms with Gasteiger partial charge >= 0.3 is 18.4 Å². The molecule has 3 heterocycles. The fourth-order valence-corrected chi connectivity index (χ4v) is 4.02. The van der Waals surface area contributed by atoms with Gasteiger partial charge in [0.25, 0.3) is 11.8 Å². The number of morpholine rings is 1. The van der Waals surface area contributed by atoms with Crippen LogP contribution in [0.25, 0.3) is 6.08 Å². The van der Waals surface area contributed by atoms with Gasteiger partial charge in [-0.2, -0.15) is 26.3 Å². The third-order valence-corrected chi connectivity index (χ3v) is 6.11. The molecule has 0 radical (unpaired) electrons. The molecule has 2 aliphatic rings. The number of carbonyl (C=O) groups is 3. The number of nitrogens with two attached hydrogens (primary N) is 1. The molecule has 0 aliphatic carbocycles. The van der Waals surface area contributed by atoms with E-state index in [0.29, 0.717) is 44.0 Å². The molecule has 4 amide bonds. The Morgan fingerprint density at radius 3 is 2.44 bits per heavy atom. The number of alkyl halides is 6. The van der Waals surface area contributed by atoms with Crippen molar-refractivity contribution in [3.63, 3.8) is 0 Å². The molecule has 4 rings (SSSR count). The van der Waals surface area contributed by atoms with E-state index in [4.69, 9.17) is 10.5 Å². The molecule has 1 aromatic heterocycles. The first-order valence-electron chi connectivity index (χ1n) is 11.2. The van der Waals surface area contributed by atoms with Gasteiger partial charge in [0, 0.05) is 18.3 Å². The third kappa shape index (κ3) is 5.16. The number of carbonyl (C=O) groups excluding carboxylic acids is 3. The molecule has 0 spiro atoms. The number of nitrogens with zero attached hydrogens (tertiary/aromatic N) is 4. The van der Waals surface area contributed by atoms with Crippen LogP contribution in [-0.2, 0) is 20.5 Å². The van der Waals surface area contributed by atoms with E-state index in [1.165, 1.54) is 0 Å². The zero-order valence-electron chi connectivity index (χ0n) is 20.0. The van der Waals surface area contributed by atoms with Gasteiger partial charge in [0.2, 0.25) is 5.54 Å². The predicted octanol–water partition coefficient (Wildman–Crippen LogP) is 3.07. The molecule has 39 heavy (non-hydrogen) atoms. The number of hydrogen-bond donors (Lipinski definition) is 2. The first-order chi connectivity index (χ1) is 18.1. The summed E-state index contributed by atoms with van der Waals surface area (Å²) >= 11 is 0. The van der Waals surface area contributed by atoms with E-state index in [9.17, 15) is 40.7 Å². The van der Waals surface area contributed by atoms with Gasteiger partial charge in [-0.1, -0.05) is 0 Å². The van der Waals surface area contributed by atoms with Gasteiger partial charge in [-0.25, -0.2) is 19.6 Å². The van der Waals surface area contributed by atoms with Crippen LogP contribution in [0.2, 0.25) is 0 Å². The largest absolute Gasteiger partial charge is 0.421 e.